The minimum Gasteiger partial charge on any atom is -0.455 e. The third-order valence-electron chi connectivity index (χ3n) is 11.8. The summed E-state index contributed by atoms with van der Waals surface area (Å²) in [5, 5.41) is 4.91. The zero-order valence-electron chi connectivity index (χ0n) is 30.2. The first-order valence-electron chi connectivity index (χ1n) is 18.8. The van der Waals surface area contributed by atoms with Crippen molar-refractivity contribution >= 4 is 21.5 Å². The normalized spacial score (nSPS) is 13.3. The van der Waals surface area contributed by atoms with Crippen molar-refractivity contribution in [1.29, 1.82) is 0 Å². The first-order valence-corrected chi connectivity index (χ1v) is 18.8. The van der Waals surface area contributed by atoms with E-state index in [1.54, 1.807) is 0 Å². The van der Waals surface area contributed by atoms with Gasteiger partial charge >= 0.3 is 0 Å². The van der Waals surface area contributed by atoms with E-state index >= 15 is 0 Å². The van der Waals surface area contributed by atoms with E-state index in [9.17, 15) is 0 Å². The van der Waals surface area contributed by atoms with Crippen LogP contribution in [0, 0.1) is 0 Å². The third-order valence-corrected chi connectivity index (χ3v) is 11.8. The number of fused-ring (bicyclic) bond motifs is 6. The molecule has 0 bridgehead atoms. The molecule has 11 rings (SSSR count). The Morgan fingerprint density at radius 3 is 1.70 bits per heavy atom. The fraction of sp³-hybridized carbons (Fsp3) is 0.0566. The molecule has 0 saturated carbocycles. The molecule has 54 heavy (non-hydrogen) atoms. The Morgan fingerprint density at radius 2 is 0.926 bits per heavy atom. The smallest absolute Gasteiger partial charge is 0.143 e. The van der Waals surface area contributed by atoms with Crippen molar-refractivity contribution in [3.63, 3.8) is 0 Å². The van der Waals surface area contributed by atoms with Gasteiger partial charge in [-0.15, -0.1) is 0 Å². The van der Waals surface area contributed by atoms with E-state index < -0.39 is 0 Å². The highest BCUT2D eigenvalue weighted by molar-refractivity contribution is 6.08. The number of rotatable bonds is 4. The average molecular weight is 689 g/mol. The third kappa shape index (κ3) is 4.72. The Kier molecular flexibility index (Phi) is 6.66. The summed E-state index contributed by atoms with van der Waals surface area (Å²) in [6.45, 7) is 4.74. The Labute approximate surface area is 315 Å². The molecule has 0 saturated heterocycles. The lowest BCUT2D eigenvalue weighted by atomic mass is 9.81. The van der Waals surface area contributed by atoms with Crippen LogP contribution in [0.3, 0.4) is 0 Å². The van der Waals surface area contributed by atoms with E-state index in [0.29, 0.717) is 0 Å². The Morgan fingerprint density at radius 1 is 0.333 bits per heavy atom. The molecule has 1 nitrogen and oxygen atoms in total. The molecule has 0 amide bonds. The lowest BCUT2D eigenvalue weighted by Gasteiger charge is -2.25. The summed E-state index contributed by atoms with van der Waals surface area (Å²) in [7, 11) is 0. The summed E-state index contributed by atoms with van der Waals surface area (Å²) in [4.78, 5) is 0. The van der Waals surface area contributed by atoms with Gasteiger partial charge in [0, 0.05) is 21.9 Å². The molecule has 0 fully saturated rings. The molecule has 0 atom stereocenters. The molecule has 0 radical (unpaired) electrons. The molecule has 0 spiro atoms. The van der Waals surface area contributed by atoms with Gasteiger partial charge < -0.3 is 4.74 Å². The van der Waals surface area contributed by atoms with Crippen LogP contribution in [0.5, 0.6) is 11.5 Å². The van der Waals surface area contributed by atoms with Crippen molar-refractivity contribution in [3.05, 3.63) is 193 Å². The highest BCUT2D eigenvalue weighted by Crippen LogP contribution is 2.53. The number of hydrogen-bond acceptors (Lipinski definition) is 1. The lowest BCUT2D eigenvalue weighted by molar-refractivity contribution is 0.489. The van der Waals surface area contributed by atoms with Crippen molar-refractivity contribution in [2.45, 2.75) is 19.3 Å². The maximum atomic E-state index is 6.97. The van der Waals surface area contributed by atoms with Crippen LogP contribution in [-0.4, -0.2) is 0 Å². The number of ether oxygens (including phenoxy) is 1. The second kappa shape index (κ2) is 11.7. The highest BCUT2D eigenvalue weighted by atomic mass is 16.5. The van der Waals surface area contributed by atoms with Gasteiger partial charge in [-0.05, 0) is 138 Å². The van der Waals surface area contributed by atoms with Crippen LogP contribution < -0.4 is 4.74 Å². The SMILES string of the molecule is CC1(C)c2cc(-c3cc(-c4ccccc4)cc(-c4ccc5cccc6c5c4Oc4ccc(-c5ccccc5)cc4-6)c3)ccc2-c2cc3ccccc3cc21. The minimum absolute atomic E-state index is 0.120. The van der Waals surface area contributed by atoms with Crippen molar-refractivity contribution in [2.24, 2.45) is 0 Å². The first kappa shape index (κ1) is 30.9. The Balaban J connectivity index is 1.09. The molecular formula is C53H36O. The molecule has 1 heteroatoms. The summed E-state index contributed by atoms with van der Waals surface area (Å²) in [5.74, 6) is 1.80. The Bertz CT molecular complexity index is 2970. The highest BCUT2D eigenvalue weighted by Gasteiger charge is 2.36. The average Bonchev–Trinajstić information content (AvgIpc) is 3.44. The molecule has 1 aliphatic carbocycles. The van der Waals surface area contributed by atoms with Gasteiger partial charge in [-0.25, -0.2) is 0 Å². The quantitative estimate of drug-likeness (QED) is 0.179. The van der Waals surface area contributed by atoms with E-state index in [2.05, 4.69) is 196 Å². The molecule has 254 valence electrons. The predicted octanol–water partition coefficient (Wildman–Crippen LogP) is 14.7. The van der Waals surface area contributed by atoms with Gasteiger partial charge in [-0.2, -0.15) is 0 Å². The van der Waals surface area contributed by atoms with Gasteiger partial charge in [0.15, 0.2) is 0 Å². The largest absolute Gasteiger partial charge is 0.455 e. The summed E-state index contributed by atoms with van der Waals surface area (Å²) >= 11 is 0. The zero-order valence-corrected chi connectivity index (χ0v) is 30.2. The van der Waals surface area contributed by atoms with Crippen molar-refractivity contribution in [1.82, 2.24) is 0 Å². The van der Waals surface area contributed by atoms with Crippen molar-refractivity contribution in [3.8, 4) is 78.3 Å². The monoisotopic (exact) mass is 688 g/mol. The molecule has 1 heterocycles. The van der Waals surface area contributed by atoms with Crippen LogP contribution in [-0.2, 0) is 5.41 Å². The van der Waals surface area contributed by atoms with E-state index in [1.165, 1.54) is 77.4 Å². The van der Waals surface area contributed by atoms with Gasteiger partial charge in [0.1, 0.15) is 11.5 Å². The molecule has 1 aliphatic heterocycles. The molecule has 0 unspecified atom stereocenters. The van der Waals surface area contributed by atoms with Crippen molar-refractivity contribution < 1.29 is 4.74 Å². The summed E-state index contributed by atoms with van der Waals surface area (Å²) < 4.78 is 6.97. The van der Waals surface area contributed by atoms with Crippen LogP contribution in [0.15, 0.2) is 182 Å². The van der Waals surface area contributed by atoms with E-state index in [4.69, 9.17) is 4.74 Å². The Hall–Kier alpha value is -6.70. The molecule has 9 aromatic carbocycles. The lowest BCUT2D eigenvalue weighted by Crippen LogP contribution is -2.15. The maximum absolute atomic E-state index is 6.97. The van der Waals surface area contributed by atoms with Gasteiger partial charge in [-0.1, -0.05) is 141 Å². The fourth-order valence-corrected chi connectivity index (χ4v) is 9.00. The fourth-order valence-electron chi connectivity index (χ4n) is 9.00. The van der Waals surface area contributed by atoms with Gasteiger partial charge in [0.25, 0.3) is 0 Å². The zero-order chi connectivity index (χ0) is 36.0. The van der Waals surface area contributed by atoms with E-state index in [1.807, 2.05) is 0 Å². The van der Waals surface area contributed by atoms with Crippen LogP contribution in [0.2, 0.25) is 0 Å². The second-order valence-electron chi connectivity index (χ2n) is 15.3. The maximum Gasteiger partial charge on any atom is 0.143 e. The second-order valence-corrected chi connectivity index (χ2v) is 15.3. The number of hydrogen-bond donors (Lipinski definition) is 0. The van der Waals surface area contributed by atoms with Gasteiger partial charge in [-0.3, -0.25) is 0 Å². The van der Waals surface area contributed by atoms with E-state index in [-0.39, 0.29) is 5.41 Å². The van der Waals surface area contributed by atoms with Crippen LogP contribution in [0.4, 0.5) is 0 Å². The topological polar surface area (TPSA) is 9.23 Å². The standard InChI is InChI=1S/C53H36O/c1-53(2)48-32-39(21-24-44(48)46-29-36-16-9-10-17-37(36)31-49(46)53)41-26-40(34-14-7-4-8-15-34)27-42(28-41)43-23-20-35-18-11-19-45-47-30-38(33-12-5-3-6-13-33)22-25-50(47)54-52(43)51(35)45/h3-32H,1-2H3. The molecular weight excluding hydrogens is 653 g/mol. The summed E-state index contributed by atoms with van der Waals surface area (Å²) in [6, 6.07) is 66.6. The van der Waals surface area contributed by atoms with Crippen molar-refractivity contribution in [2.75, 3.05) is 0 Å². The summed E-state index contributed by atoms with van der Waals surface area (Å²) in [5.41, 5.74) is 17.0. The van der Waals surface area contributed by atoms with Crippen LogP contribution in [0.25, 0.3) is 88.3 Å². The van der Waals surface area contributed by atoms with Gasteiger partial charge in [0.05, 0.1) is 0 Å². The predicted molar refractivity (Wildman–Crippen MR) is 226 cm³/mol. The summed E-state index contributed by atoms with van der Waals surface area (Å²) in [6.07, 6.45) is 0. The molecule has 0 aromatic heterocycles. The molecule has 2 aliphatic rings. The molecule has 9 aromatic rings. The van der Waals surface area contributed by atoms with E-state index in [0.717, 1.165) is 33.6 Å². The number of benzene rings is 9. The van der Waals surface area contributed by atoms with Crippen LogP contribution >= 0.6 is 0 Å². The van der Waals surface area contributed by atoms with Gasteiger partial charge in [0.2, 0.25) is 0 Å². The first-order chi connectivity index (χ1) is 26.5. The molecule has 0 N–H and O–H groups in total. The minimum atomic E-state index is -0.120. The van der Waals surface area contributed by atoms with Crippen LogP contribution in [0.1, 0.15) is 25.0 Å².